The van der Waals surface area contributed by atoms with Crippen LogP contribution in [0.1, 0.15) is 50.5 Å². The van der Waals surface area contributed by atoms with E-state index in [0.29, 0.717) is 19.1 Å². The molecule has 3 rings (SSSR count). The molecule has 0 saturated heterocycles. The monoisotopic (exact) mass is 408 g/mol. The lowest BCUT2D eigenvalue weighted by atomic mass is 9.75. The smallest absolute Gasteiger partial charge is 0.220 e. The van der Waals surface area contributed by atoms with Crippen molar-refractivity contribution in [2.45, 2.75) is 62.9 Å². The van der Waals surface area contributed by atoms with E-state index in [2.05, 4.69) is 54.6 Å². The quantitative estimate of drug-likeness (QED) is 0.572. The largest absolute Gasteiger partial charge is 0.494 e. The number of hydrogen-bond donors (Lipinski definition) is 1. The number of rotatable bonds is 10. The lowest BCUT2D eigenvalue weighted by Gasteiger charge is -2.45. The molecule has 0 radical (unpaired) electrons. The maximum atomic E-state index is 12.4. The predicted molar refractivity (Wildman–Crippen MR) is 123 cm³/mol. The van der Waals surface area contributed by atoms with E-state index in [4.69, 9.17) is 4.74 Å². The van der Waals surface area contributed by atoms with Gasteiger partial charge in [0.2, 0.25) is 5.91 Å². The van der Waals surface area contributed by atoms with Gasteiger partial charge in [-0.3, -0.25) is 4.79 Å². The predicted octanol–water partition coefficient (Wildman–Crippen LogP) is 4.84. The Morgan fingerprint density at radius 1 is 1.03 bits per heavy atom. The maximum Gasteiger partial charge on any atom is 0.220 e. The zero-order valence-electron chi connectivity index (χ0n) is 18.5. The highest BCUT2D eigenvalue weighted by Crippen LogP contribution is 2.36. The average molecular weight is 409 g/mol. The van der Waals surface area contributed by atoms with Crippen LogP contribution in [0.15, 0.2) is 60.7 Å². The molecule has 1 aliphatic rings. The van der Waals surface area contributed by atoms with Gasteiger partial charge in [0.1, 0.15) is 5.75 Å². The van der Waals surface area contributed by atoms with E-state index in [1.54, 1.807) is 0 Å². The summed E-state index contributed by atoms with van der Waals surface area (Å²) >= 11 is 0. The zero-order valence-corrected chi connectivity index (χ0v) is 18.5. The highest BCUT2D eigenvalue weighted by atomic mass is 16.5. The van der Waals surface area contributed by atoms with Crippen molar-refractivity contribution in [3.63, 3.8) is 0 Å². The molecule has 4 nitrogen and oxygen atoms in total. The van der Waals surface area contributed by atoms with Crippen molar-refractivity contribution in [2.75, 3.05) is 20.7 Å². The standard InChI is InChI=1S/C26H36N2O2/c1-28(2)26(18-15-22-10-5-3-6-11-22)19-16-23(17-20-26)27-25(29)14-9-21-30-24-12-7-4-8-13-24/h3-8,10-13,23H,9,14-21H2,1-2H3,(H,27,29). The Labute approximate surface area is 181 Å². The molecule has 1 aliphatic carbocycles. The van der Waals surface area contributed by atoms with Gasteiger partial charge in [-0.2, -0.15) is 0 Å². The fraction of sp³-hybridized carbons (Fsp3) is 0.500. The molecule has 1 fully saturated rings. The van der Waals surface area contributed by atoms with Crippen molar-refractivity contribution in [3.05, 3.63) is 66.2 Å². The molecule has 30 heavy (non-hydrogen) atoms. The number of para-hydroxylation sites is 1. The first-order valence-electron chi connectivity index (χ1n) is 11.3. The maximum absolute atomic E-state index is 12.4. The summed E-state index contributed by atoms with van der Waals surface area (Å²) in [5.41, 5.74) is 1.65. The average Bonchev–Trinajstić information content (AvgIpc) is 2.78. The molecule has 1 amide bonds. The number of carbonyl (C=O) groups excluding carboxylic acids is 1. The zero-order chi connectivity index (χ0) is 21.2. The van der Waals surface area contributed by atoms with Crippen LogP contribution < -0.4 is 10.1 Å². The van der Waals surface area contributed by atoms with E-state index in [0.717, 1.165) is 44.3 Å². The van der Waals surface area contributed by atoms with Crippen LogP contribution >= 0.6 is 0 Å². The van der Waals surface area contributed by atoms with Gasteiger partial charge in [0.15, 0.2) is 0 Å². The van der Waals surface area contributed by atoms with Gasteiger partial charge in [-0.25, -0.2) is 0 Å². The summed E-state index contributed by atoms with van der Waals surface area (Å²) in [6.07, 6.45) is 7.92. The number of aryl methyl sites for hydroxylation is 1. The summed E-state index contributed by atoms with van der Waals surface area (Å²) in [6.45, 7) is 0.575. The van der Waals surface area contributed by atoms with E-state index >= 15 is 0 Å². The number of benzene rings is 2. The number of carbonyl (C=O) groups is 1. The minimum Gasteiger partial charge on any atom is -0.494 e. The molecule has 4 heteroatoms. The summed E-state index contributed by atoms with van der Waals surface area (Å²) in [4.78, 5) is 14.8. The Bertz CT molecular complexity index is 753. The van der Waals surface area contributed by atoms with Gasteiger partial charge in [-0.05, 0) is 76.7 Å². The summed E-state index contributed by atoms with van der Waals surface area (Å²) in [5, 5.41) is 3.26. The molecule has 0 bridgehead atoms. The molecule has 0 aromatic heterocycles. The number of nitrogens with one attached hydrogen (secondary N) is 1. The highest BCUT2D eigenvalue weighted by Gasteiger charge is 2.37. The molecule has 0 heterocycles. The van der Waals surface area contributed by atoms with Gasteiger partial charge in [0.05, 0.1) is 6.61 Å². The first-order chi connectivity index (χ1) is 14.6. The number of hydrogen-bond acceptors (Lipinski definition) is 3. The number of nitrogens with zero attached hydrogens (tertiary/aromatic N) is 1. The number of amides is 1. The first kappa shape index (κ1) is 22.4. The minimum absolute atomic E-state index is 0.151. The van der Waals surface area contributed by atoms with E-state index in [9.17, 15) is 4.79 Å². The Morgan fingerprint density at radius 2 is 1.67 bits per heavy atom. The van der Waals surface area contributed by atoms with Crippen LogP contribution in [-0.4, -0.2) is 43.1 Å². The van der Waals surface area contributed by atoms with E-state index in [1.165, 1.54) is 12.0 Å². The third-order valence-corrected chi connectivity index (χ3v) is 6.51. The lowest BCUT2D eigenvalue weighted by molar-refractivity contribution is -0.122. The van der Waals surface area contributed by atoms with Crippen molar-refractivity contribution in [3.8, 4) is 5.75 Å². The van der Waals surface area contributed by atoms with Crippen molar-refractivity contribution >= 4 is 5.91 Å². The second-order valence-corrected chi connectivity index (χ2v) is 8.71. The normalized spacial score (nSPS) is 21.4. The van der Waals surface area contributed by atoms with Crippen molar-refractivity contribution in [1.82, 2.24) is 10.2 Å². The summed E-state index contributed by atoms with van der Waals surface area (Å²) in [7, 11) is 4.41. The van der Waals surface area contributed by atoms with Crippen LogP contribution in [0.5, 0.6) is 5.75 Å². The first-order valence-corrected chi connectivity index (χ1v) is 11.3. The van der Waals surface area contributed by atoms with Crippen LogP contribution in [0.25, 0.3) is 0 Å². The third kappa shape index (κ3) is 6.60. The van der Waals surface area contributed by atoms with Crippen LogP contribution in [0.4, 0.5) is 0 Å². The van der Waals surface area contributed by atoms with Crippen molar-refractivity contribution in [2.24, 2.45) is 0 Å². The molecule has 2 aromatic rings. The van der Waals surface area contributed by atoms with Gasteiger partial charge in [-0.15, -0.1) is 0 Å². The molecule has 0 spiro atoms. The van der Waals surface area contributed by atoms with Gasteiger partial charge in [0.25, 0.3) is 0 Å². The molecule has 1 N–H and O–H groups in total. The SMILES string of the molecule is CN(C)C1(CCc2ccccc2)CCC(NC(=O)CCCOc2ccccc2)CC1. The topological polar surface area (TPSA) is 41.6 Å². The number of ether oxygens (including phenoxy) is 1. The van der Waals surface area contributed by atoms with Crippen LogP contribution in [0, 0.1) is 0 Å². The molecule has 0 unspecified atom stereocenters. The molecule has 162 valence electrons. The molecule has 0 aliphatic heterocycles. The highest BCUT2D eigenvalue weighted by molar-refractivity contribution is 5.76. The summed E-state index contributed by atoms with van der Waals surface area (Å²) < 4.78 is 5.68. The molecule has 2 aromatic carbocycles. The second kappa shape index (κ2) is 11.2. The molecule has 1 saturated carbocycles. The molecular formula is C26H36N2O2. The van der Waals surface area contributed by atoms with Gasteiger partial charge in [0, 0.05) is 18.0 Å². The molecule has 0 atom stereocenters. The second-order valence-electron chi connectivity index (χ2n) is 8.71. The van der Waals surface area contributed by atoms with Crippen LogP contribution in [0.3, 0.4) is 0 Å². The lowest BCUT2D eigenvalue weighted by Crippen LogP contribution is -2.51. The summed E-state index contributed by atoms with van der Waals surface area (Å²) in [6, 6.07) is 20.8. The fourth-order valence-electron chi connectivity index (χ4n) is 4.48. The Morgan fingerprint density at radius 3 is 2.30 bits per heavy atom. The van der Waals surface area contributed by atoms with Crippen LogP contribution in [0.2, 0.25) is 0 Å². The fourth-order valence-corrected chi connectivity index (χ4v) is 4.48. The van der Waals surface area contributed by atoms with Gasteiger partial charge in [-0.1, -0.05) is 48.5 Å². The van der Waals surface area contributed by atoms with Crippen LogP contribution in [-0.2, 0) is 11.2 Å². The van der Waals surface area contributed by atoms with Gasteiger partial charge < -0.3 is 15.0 Å². The summed E-state index contributed by atoms with van der Waals surface area (Å²) in [5.74, 6) is 1.01. The Kier molecular flexibility index (Phi) is 8.32. The molecular weight excluding hydrogens is 372 g/mol. The Hall–Kier alpha value is -2.33. The Balaban J connectivity index is 1.38. The van der Waals surface area contributed by atoms with E-state index in [-0.39, 0.29) is 11.4 Å². The van der Waals surface area contributed by atoms with E-state index < -0.39 is 0 Å². The van der Waals surface area contributed by atoms with Crippen molar-refractivity contribution < 1.29 is 9.53 Å². The minimum atomic E-state index is 0.151. The van der Waals surface area contributed by atoms with E-state index in [1.807, 2.05) is 30.3 Å². The van der Waals surface area contributed by atoms with Gasteiger partial charge >= 0.3 is 0 Å². The van der Waals surface area contributed by atoms with Crippen molar-refractivity contribution in [1.29, 1.82) is 0 Å². The third-order valence-electron chi connectivity index (χ3n) is 6.51.